The number of aromatic nitrogens is 1. The van der Waals surface area contributed by atoms with Crippen LogP contribution in [0, 0.1) is 0 Å². The van der Waals surface area contributed by atoms with Gasteiger partial charge in [0.15, 0.2) is 5.13 Å². The van der Waals surface area contributed by atoms with Gasteiger partial charge in [0.25, 0.3) is 5.78 Å². The summed E-state index contributed by atoms with van der Waals surface area (Å²) in [5.74, 6) is -0.675. The van der Waals surface area contributed by atoms with Crippen LogP contribution in [-0.2, 0) is 9.59 Å². The number of aromatic hydroxyl groups is 1. The molecule has 9 heteroatoms. The number of phenolic OH excluding ortho intramolecular Hbond substituents is 1. The summed E-state index contributed by atoms with van der Waals surface area (Å²) in [6.45, 7) is 0. The number of ether oxygens (including phenoxy) is 2. The Morgan fingerprint density at radius 2 is 1.60 bits per heavy atom. The molecule has 0 spiro atoms. The molecule has 0 saturated carbocycles. The summed E-state index contributed by atoms with van der Waals surface area (Å²) in [7, 11) is 3.09. The summed E-state index contributed by atoms with van der Waals surface area (Å²) in [6.07, 6.45) is 0. The number of amides is 1. The largest absolute Gasteiger partial charge is 0.508 e. The van der Waals surface area contributed by atoms with Crippen molar-refractivity contribution in [1.29, 1.82) is 0 Å². The number of nitrogens with zero attached hydrogens (tertiary/aromatic N) is 2. The smallest absolute Gasteiger partial charge is 0.301 e. The van der Waals surface area contributed by atoms with E-state index in [0.717, 1.165) is 4.70 Å². The Labute approximate surface area is 204 Å². The lowest BCUT2D eigenvalue weighted by Gasteiger charge is -2.23. The van der Waals surface area contributed by atoms with E-state index < -0.39 is 17.7 Å². The summed E-state index contributed by atoms with van der Waals surface area (Å²) in [5.41, 5.74) is 1.48. The molecular weight excluding hydrogens is 468 g/mol. The van der Waals surface area contributed by atoms with E-state index in [0.29, 0.717) is 33.3 Å². The van der Waals surface area contributed by atoms with Crippen LogP contribution >= 0.6 is 11.3 Å². The molecule has 2 N–H and O–H groups in total. The molecule has 2 heterocycles. The molecule has 176 valence electrons. The molecule has 3 aromatic carbocycles. The summed E-state index contributed by atoms with van der Waals surface area (Å²) in [5, 5.41) is 21.3. The van der Waals surface area contributed by atoms with Crippen molar-refractivity contribution in [3.63, 3.8) is 0 Å². The summed E-state index contributed by atoms with van der Waals surface area (Å²) >= 11 is 1.24. The van der Waals surface area contributed by atoms with E-state index in [-0.39, 0.29) is 17.1 Å². The zero-order chi connectivity index (χ0) is 24.7. The number of hydrogen-bond donors (Lipinski definition) is 2. The first-order valence-corrected chi connectivity index (χ1v) is 11.4. The molecule has 8 nitrogen and oxygen atoms in total. The number of rotatable bonds is 5. The third-order valence-corrected chi connectivity index (χ3v) is 6.82. The number of aliphatic hydroxyl groups excluding tert-OH is 1. The highest BCUT2D eigenvalue weighted by molar-refractivity contribution is 7.22. The van der Waals surface area contributed by atoms with E-state index in [2.05, 4.69) is 4.98 Å². The van der Waals surface area contributed by atoms with Crippen molar-refractivity contribution in [2.24, 2.45) is 0 Å². The number of benzene rings is 3. The molecule has 0 aliphatic carbocycles. The van der Waals surface area contributed by atoms with Gasteiger partial charge in [-0.25, -0.2) is 4.98 Å². The quantitative estimate of drug-likeness (QED) is 0.239. The lowest BCUT2D eigenvalue weighted by Crippen LogP contribution is -2.29. The van der Waals surface area contributed by atoms with Crippen LogP contribution in [0.15, 0.2) is 72.3 Å². The first kappa shape index (κ1) is 22.4. The van der Waals surface area contributed by atoms with Crippen LogP contribution in [0.25, 0.3) is 16.0 Å². The third-order valence-electron chi connectivity index (χ3n) is 5.81. The SMILES string of the molecule is COc1ccc(/C(O)=C2\C(=O)C(=O)N(c3nc4ccc(OC)cc4s3)C2c2ccc(O)cc2)cc1. The van der Waals surface area contributed by atoms with Crippen LogP contribution in [0.4, 0.5) is 5.13 Å². The molecule has 5 rings (SSSR count). The third kappa shape index (κ3) is 3.85. The van der Waals surface area contributed by atoms with Gasteiger partial charge in [-0.2, -0.15) is 0 Å². The predicted molar refractivity (Wildman–Crippen MR) is 132 cm³/mol. The number of fused-ring (bicyclic) bond motifs is 1. The van der Waals surface area contributed by atoms with E-state index in [9.17, 15) is 19.8 Å². The van der Waals surface area contributed by atoms with Crippen LogP contribution in [-0.4, -0.2) is 41.1 Å². The number of carbonyl (C=O) groups is 2. The molecule has 1 amide bonds. The molecule has 1 saturated heterocycles. The lowest BCUT2D eigenvalue weighted by atomic mass is 9.95. The Bertz CT molecular complexity index is 1470. The van der Waals surface area contributed by atoms with Crippen LogP contribution in [0.1, 0.15) is 17.2 Å². The van der Waals surface area contributed by atoms with Gasteiger partial charge in [0, 0.05) is 5.56 Å². The number of thiazole rings is 1. The van der Waals surface area contributed by atoms with Crippen LogP contribution in [0.3, 0.4) is 0 Å². The minimum atomic E-state index is -0.944. The summed E-state index contributed by atoms with van der Waals surface area (Å²) in [6, 6.07) is 17.1. The van der Waals surface area contributed by atoms with Crippen molar-refractivity contribution in [2.75, 3.05) is 19.1 Å². The number of aliphatic hydroxyl groups is 1. The van der Waals surface area contributed by atoms with Crippen molar-refractivity contribution in [3.05, 3.63) is 83.4 Å². The molecule has 35 heavy (non-hydrogen) atoms. The number of anilines is 1. The van der Waals surface area contributed by atoms with Gasteiger partial charge in [-0.05, 0) is 60.2 Å². The van der Waals surface area contributed by atoms with Crippen molar-refractivity contribution in [2.45, 2.75) is 6.04 Å². The summed E-state index contributed by atoms with van der Waals surface area (Å²) < 4.78 is 11.2. The van der Waals surface area contributed by atoms with Gasteiger partial charge in [0.2, 0.25) is 0 Å². The van der Waals surface area contributed by atoms with Crippen molar-refractivity contribution >= 4 is 44.1 Å². The van der Waals surface area contributed by atoms with Gasteiger partial charge in [-0.3, -0.25) is 14.5 Å². The molecule has 0 radical (unpaired) electrons. The highest BCUT2D eigenvalue weighted by Crippen LogP contribution is 2.44. The number of phenols is 1. The lowest BCUT2D eigenvalue weighted by molar-refractivity contribution is -0.132. The maximum Gasteiger partial charge on any atom is 0.301 e. The van der Waals surface area contributed by atoms with Crippen molar-refractivity contribution < 1.29 is 29.3 Å². The number of ketones is 1. The monoisotopic (exact) mass is 488 g/mol. The number of methoxy groups -OCH3 is 2. The van der Waals surface area contributed by atoms with Crippen LogP contribution in [0.2, 0.25) is 0 Å². The predicted octanol–water partition coefficient (Wildman–Crippen LogP) is 4.65. The molecule has 4 aromatic rings. The van der Waals surface area contributed by atoms with Crippen molar-refractivity contribution in [3.8, 4) is 17.2 Å². The second kappa shape index (κ2) is 8.77. The number of hydrogen-bond acceptors (Lipinski definition) is 8. The van der Waals surface area contributed by atoms with Crippen molar-refractivity contribution in [1.82, 2.24) is 4.98 Å². The topological polar surface area (TPSA) is 109 Å². The summed E-state index contributed by atoms with van der Waals surface area (Å²) in [4.78, 5) is 32.4. The Kier molecular flexibility index (Phi) is 5.62. The second-order valence-corrected chi connectivity index (χ2v) is 8.83. The molecule has 1 fully saturated rings. The Hall–Kier alpha value is -4.37. The zero-order valence-electron chi connectivity index (χ0n) is 18.8. The first-order chi connectivity index (χ1) is 16.9. The first-order valence-electron chi connectivity index (χ1n) is 10.6. The highest BCUT2D eigenvalue weighted by atomic mass is 32.1. The van der Waals surface area contributed by atoms with Gasteiger partial charge >= 0.3 is 5.91 Å². The molecular formula is C26H20N2O6S. The maximum absolute atomic E-state index is 13.3. The standard InChI is InChI=1S/C26H20N2O6S/c1-33-17-9-5-15(6-10-17)23(30)21-22(14-3-7-16(29)8-4-14)28(25(32)24(21)31)26-27-19-12-11-18(34-2)13-20(19)35-26/h3-13,22,29-30H,1-2H3/b23-21+. The second-order valence-electron chi connectivity index (χ2n) is 7.82. The van der Waals surface area contributed by atoms with Crippen LogP contribution < -0.4 is 14.4 Å². The van der Waals surface area contributed by atoms with Gasteiger partial charge < -0.3 is 19.7 Å². The van der Waals surface area contributed by atoms with E-state index >= 15 is 0 Å². The fourth-order valence-electron chi connectivity index (χ4n) is 4.03. The molecule has 1 aliphatic heterocycles. The minimum Gasteiger partial charge on any atom is -0.508 e. The number of Topliss-reactive ketones (excluding diaryl/α,β-unsaturated/α-hetero) is 1. The minimum absolute atomic E-state index is 0.0351. The van der Waals surface area contributed by atoms with Gasteiger partial charge in [0.1, 0.15) is 23.0 Å². The van der Waals surface area contributed by atoms with Gasteiger partial charge in [-0.15, -0.1) is 0 Å². The molecule has 0 bridgehead atoms. The number of carbonyl (C=O) groups excluding carboxylic acids is 2. The fraction of sp³-hybridized carbons (Fsp3) is 0.115. The molecule has 1 aromatic heterocycles. The van der Waals surface area contributed by atoms with E-state index in [1.165, 1.54) is 35.5 Å². The average molecular weight is 489 g/mol. The van der Waals surface area contributed by atoms with Gasteiger partial charge in [0.05, 0.1) is 36.1 Å². The fourth-order valence-corrected chi connectivity index (χ4v) is 5.05. The highest BCUT2D eigenvalue weighted by Gasteiger charge is 2.48. The normalized spacial score (nSPS) is 17.2. The average Bonchev–Trinajstić information content (AvgIpc) is 3.41. The van der Waals surface area contributed by atoms with E-state index in [4.69, 9.17) is 9.47 Å². The Balaban J connectivity index is 1.69. The Morgan fingerprint density at radius 3 is 2.26 bits per heavy atom. The van der Waals surface area contributed by atoms with Gasteiger partial charge in [-0.1, -0.05) is 23.5 Å². The maximum atomic E-state index is 13.3. The van der Waals surface area contributed by atoms with E-state index in [1.54, 1.807) is 61.7 Å². The molecule has 1 unspecified atom stereocenters. The van der Waals surface area contributed by atoms with E-state index in [1.807, 2.05) is 0 Å². The Morgan fingerprint density at radius 1 is 0.943 bits per heavy atom. The van der Waals surface area contributed by atoms with Crippen LogP contribution in [0.5, 0.6) is 17.2 Å². The molecule has 1 atom stereocenters. The zero-order valence-corrected chi connectivity index (χ0v) is 19.6. The molecule has 1 aliphatic rings.